The molecule has 0 amide bonds. The van der Waals surface area contributed by atoms with Crippen molar-refractivity contribution in [3.63, 3.8) is 0 Å². The molecule has 15 heavy (non-hydrogen) atoms. The number of hydrogen-bond donors (Lipinski definition) is 1. The van der Waals surface area contributed by atoms with Gasteiger partial charge in [-0.2, -0.15) is 0 Å². The fourth-order valence-electron chi connectivity index (χ4n) is 1.86. The zero-order valence-corrected chi connectivity index (χ0v) is 8.90. The Morgan fingerprint density at radius 2 is 2.53 bits per heavy atom. The Hall–Kier alpha value is -1.29. The number of nitrogens with zero attached hydrogens (tertiary/aromatic N) is 1. The summed E-state index contributed by atoms with van der Waals surface area (Å²) in [4.78, 5) is 12.0. The minimum atomic E-state index is 0.0508. The summed E-state index contributed by atoms with van der Waals surface area (Å²) in [6.07, 6.45) is 2.76. The average molecular weight is 208 g/mol. The molecule has 1 atom stereocenters. The molecule has 4 nitrogen and oxygen atoms in total. The predicted octanol–water partition coefficient (Wildman–Crippen LogP) is 1.24. The van der Waals surface area contributed by atoms with Crippen LogP contribution in [0.25, 0.3) is 0 Å². The van der Waals surface area contributed by atoms with Crippen LogP contribution in [0, 0.1) is 0 Å². The Balaban J connectivity index is 2.30. The first-order chi connectivity index (χ1) is 7.33. The Morgan fingerprint density at radius 3 is 3.20 bits per heavy atom. The summed E-state index contributed by atoms with van der Waals surface area (Å²) >= 11 is 0. The lowest BCUT2D eigenvalue weighted by atomic mass is 10.2. The molecule has 1 fully saturated rings. The second-order valence-corrected chi connectivity index (χ2v) is 3.68. The van der Waals surface area contributed by atoms with Crippen LogP contribution in [0.15, 0.2) is 23.1 Å². The summed E-state index contributed by atoms with van der Waals surface area (Å²) in [7, 11) is 0. The first-order valence-corrected chi connectivity index (χ1v) is 5.35. The number of hydrogen-bond acceptors (Lipinski definition) is 3. The van der Waals surface area contributed by atoms with Gasteiger partial charge < -0.3 is 14.6 Å². The number of aromatic nitrogens is 1. The van der Waals surface area contributed by atoms with Gasteiger partial charge in [-0.15, -0.1) is 0 Å². The first kappa shape index (κ1) is 10.2. The third kappa shape index (κ3) is 2.04. The average Bonchev–Trinajstić information content (AvgIpc) is 2.74. The van der Waals surface area contributed by atoms with Crippen molar-refractivity contribution in [1.82, 2.24) is 4.57 Å². The van der Waals surface area contributed by atoms with Crippen LogP contribution in [0.4, 0.5) is 5.69 Å². The van der Waals surface area contributed by atoms with E-state index in [2.05, 4.69) is 5.32 Å². The van der Waals surface area contributed by atoms with Crippen LogP contribution in [0.2, 0.25) is 0 Å². The topological polar surface area (TPSA) is 43.3 Å². The summed E-state index contributed by atoms with van der Waals surface area (Å²) in [5.74, 6) is 0. The Bertz CT molecular complexity index is 380. The van der Waals surface area contributed by atoms with E-state index < -0.39 is 0 Å². The highest BCUT2D eigenvalue weighted by molar-refractivity contribution is 5.40. The van der Waals surface area contributed by atoms with E-state index in [1.807, 2.05) is 25.3 Å². The molecule has 2 rings (SSSR count). The van der Waals surface area contributed by atoms with E-state index >= 15 is 0 Å². The maximum atomic E-state index is 12.0. The van der Waals surface area contributed by atoms with Crippen molar-refractivity contribution in [2.24, 2.45) is 0 Å². The molecule has 1 N–H and O–H groups in total. The Kier molecular flexibility index (Phi) is 3.06. The van der Waals surface area contributed by atoms with Crippen LogP contribution in [-0.4, -0.2) is 24.3 Å². The van der Waals surface area contributed by atoms with Crippen LogP contribution in [0.5, 0.6) is 0 Å². The maximum Gasteiger partial charge on any atom is 0.274 e. The second kappa shape index (κ2) is 4.49. The van der Waals surface area contributed by atoms with Crippen LogP contribution >= 0.6 is 0 Å². The van der Waals surface area contributed by atoms with Crippen molar-refractivity contribution >= 4 is 5.69 Å². The highest BCUT2D eigenvalue weighted by atomic mass is 16.5. The zero-order chi connectivity index (χ0) is 10.7. The number of pyridine rings is 1. The van der Waals surface area contributed by atoms with Gasteiger partial charge >= 0.3 is 0 Å². The third-order valence-electron chi connectivity index (χ3n) is 2.64. The monoisotopic (exact) mass is 208 g/mol. The molecule has 82 valence electrons. The fourth-order valence-corrected chi connectivity index (χ4v) is 1.86. The van der Waals surface area contributed by atoms with Crippen molar-refractivity contribution < 1.29 is 4.74 Å². The van der Waals surface area contributed by atoms with Gasteiger partial charge in [-0.1, -0.05) is 0 Å². The number of ether oxygens (including phenoxy) is 1. The lowest BCUT2D eigenvalue weighted by Gasteiger charge is -2.13. The number of rotatable bonds is 3. The molecule has 1 saturated heterocycles. The highest BCUT2D eigenvalue weighted by Gasteiger charge is 2.18. The van der Waals surface area contributed by atoms with Crippen LogP contribution in [0.3, 0.4) is 0 Å². The Morgan fingerprint density at radius 1 is 1.67 bits per heavy atom. The SMILES string of the molecule is CCNc1cccn(C2CCOC2)c1=O. The van der Waals surface area contributed by atoms with E-state index in [-0.39, 0.29) is 11.6 Å². The smallest absolute Gasteiger partial charge is 0.274 e. The van der Waals surface area contributed by atoms with Crippen molar-refractivity contribution in [3.8, 4) is 0 Å². The fraction of sp³-hybridized carbons (Fsp3) is 0.545. The molecule has 4 heteroatoms. The third-order valence-corrected chi connectivity index (χ3v) is 2.64. The van der Waals surface area contributed by atoms with Crippen molar-refractivity contribution in [3.05, 3.63) is 28.7 Å². The van der Waals surface area contributed by atoms with E-state index in [9.17, 15) is 4.79 Å². The molecule has 2 heterocycles. The molecular formula is C11H16N2O2. The second-order valence-electron chi connectivity index (χ2n) is 3.68. The van der Waals surface area contributed by atoms with Gasteiger partial charge in [0.05, 0.1) is 12.6 Å². The van der Waals surface area contributed by atoms with Gasteiger partial charge in [-0.05, 0) is 25.5 Å². The number of nitrogens with one attached hydrogen (secondary N) is 1. The lowest BCUT2D eigenvalue weighted by molar-refractivity contribution is 0.186. The minimum Gasteiger partial charge on any atom is -0.381 e. The van der Waals surface area contributed by atoms with E-state index in [1.165, 1.54) is 0 Å². The summed E-state index contributed by atoms with van der Waals surface area (Å²) in [5, 5.41) is 3.07. The standard InChI is InChI=1S/C11H16N2O2/c1-2-12-10-4-3-6-13(11(10)14)9-5-7-15-8-9/h3-4,6,9,12H,2,5,7-8H2,1H3. The van der Waals surface area contributed by atoms with Crippen molar-refractivity contribution in [1.29, 1.82) is 0 Å². The summed E-state index contributed by atoms with van der Waals surface area (Å²) < 4.78 is 7.06. The van der Waals surface area contributed by atoms with E-state index in [4.69, 9.17) is 4.74 Å². The van der Waals surface area contributed by atoms with Gasteiger partial charge in [0.25, 0.3) is 5.56 Å². The Labute approximate surface area is 88.9 Å². The first-order valence-electron chi connectivity index (χ1n) is 5.35. The van der Waals surface area contributed by atoms with Crippen molar-refractivity contribution in [2.45, 2.75) is 19.4 Å². The van der Waals surface area contributed by atoms with Crippen molar-refractivity contribution in [2.75, 3.05) is 25.1 Å². The molecule has 1 aliphatic heterocycles. The molecule has 0 bridgehead atoms. The lowest BCUT2D eigenvalue weighted by Crippen LogP contribution is -2.26. The van der Waals surface area contributed by atoms with Gasteiger partial charge in [-0.25, -0.2) is 0 Å². The van der Waals surface area contributed by atoms with Gasteiger partial charge in [-0.3, -0.25) is 4.79 Å². The maximum absolute atomic E-state index is 12.0. The molecular weight excluding hydrogens is 192 g/mol. The van der Waals surface area contributed by atoms with E-state index in [0.29, 0.717) is 12.3 Å². The van der Waals surface area contributed by atoms with E-state index in [1.54, 1.807) is 4.57 Å². The van der Waals surface area contributed by atoms with Gasteiger partial charge in [0.1, 0.15) is 5.69 Å². The summed E-state index contributed by atoms with van der Waals surface area (Å²) in [5.41, 5.74) is 0.724. The summed E-state index contributed by atoms with van der Waals surface area (Å²) in [6.45, 7) is 4.15. The van der Waals surface area contributed by atoms with Gasteiger partial charge in [0, 0.05) is 19.3 Å². The molecule has 0 spiro atoms. The number of anilines is 1. The van der Waals surface area contributed by atoms with Crippen LogP contribution in [-0.2, 0) is 4.74 Å². The zero-order valence-electron chi connectivity index (χ0n) is 8.90. The van der Waals surface area contributed by atoms with Gasteiger partial charge in [0.2, 0.25) is 0 Å². The molecule has 0 saturated carbocycles. The van der Waals surface area contributed by atoms with Gasteiger partial charge in [0.15, 0.2) is 0 Å². The molecule has 0 radical (unpaired) electrons. The highest BCUT2D eigenvalue weighted by Crippen LogP contribution is 2.17. The molecule has 1 aromatic heterocycles. The predicted molar refractivity (Wildman–Crippen MR) is 59.3 cm³/mol. The molecule has 1 aromatic rings. The van der Waals surface area contributed by atoms with E-state index in [0.717, 1.165) is 19.6 Å². The quantitative estimate of drug-likeness (QED) is 0.812. The molecule has 0 aliphatic carbocycles. The molecule has 1 aliphatic rings. The van der Waals surface area contributed by atoms with Crippen LogP contribution < -0.4 is 10.9 Å². The minimum absolute atomic E-state index is 0.0508. The molecule has 0 aromatic carbocycles. The largest absolute Gasteiger partial charge is 0.381 e. The normalized spacial score (nSPS) is 20.5. The molecule has 1 unspecified atom stereocenters. The van der Waals surface area contributed by atoms with Crippen LogP contribution in [0.1, 0.15) is 19.4 Å². The summed E-state index contributed by atoms with van der Waals surface area (Å²) in [6, 6.07) is 3.92.